The second kappa shape index (κ2) is 6.09. The van der Waals surface area contributed by atoms with Gasteiger partial charge in [0.2, 0.25) is 5.95 Å². The van der Waals surface area contributed by atoms with Crippen molar-refractivity contribution in [2.24, 2.45) is 7.05 Å². The van der Waals surface area contributed by atoms with Crippen LogP contribution in [0.3, 0.4) is 0 Å². The van der Waals surface area contributed by atoms with Gasteiger partial charge < -0.3 is 14.4 Å². The highest BCUT2D eigenvalue weighted by molar-refractivity contribution is 5.31. The van der Waals surface area contributed by atoms with Crippen molar-refractivity contribution in [3.8, 4) is 5.75 Å². The number of morpholine rings is 1. The van der Waals surface area contributed by atoms with E-state index in [0.717, 1.165) is 43.6 Å². The number of hydrogen-bond acceptors (Lipinski definition) is 6. The first-order valence-corrected chi connectivity index (χ1v) is 6.99. The second-order valence-corrected chi connectivity index (χ2v) is 5.01. The Hall–Kier alpha value is -2.15. The van der Waals surface area contributed by atoms with Gasteiger partial charge in [0, 0.05) is 20.1 Å². The third-order valence-electron chi connectivity index (χ3n) is 3.39. The van der Waals surface area contributed by atoms with Crippen LogP contribution in [0.5, 0.6) is 5.75 Å². The van der Waals surface area contributed by atoms with E-state index in [9.17, 15) is 0 Å². The molecule has 1 aliphatic heterocycles. The van der Waals surface area contributed by atoms with Crippen molar-refractivity contribution >= 4 is 5.95 Å². The van der Waals surface area contributed by atoms with Crippen molar-refractivity contribution in [1.29, 1.82) is 0 Å². The average Bonchev–Trinajstić information content (AvgIpc) is 2.84. The van der Waals surface area contributed by atoms with Gasteiger partial charge in [-0.05, 0) is 13.0 Å². The molecule has 2 aromatic heterocycles. The first-order valence-electron chi connectivity index (χ1n) is 6.99. The second-order valence-electron chi connectivity index (χ2n) is 5.01. The van der Waals surface area contributed by atoms with Gasteiger partial charge in [0.25, 0.3) is 0 Å². The molecule has 0 saturated carbocycles. The van der Waals surface area contributed by atoms with Gasteiger partial charge in [0.05, 0.1) is 37.0 Å². The van der Waals surface area contributed by atoms with E-state index in [0.29, 0.717) is 12.4 Å². The highest BCUT2D eigenvalue weighted by atomic mass is 16.5. The minimum absolute atomic E-state index is 0.456. The topological polar surface area (TPSA) is 65.3 Å². The van der Waals surface area contributed by atoms with Crippen LogP contribution >= 0.6 is 0 Å². The molecule has 0 N–H and O–H groups in total. The van der Waals surface area contributed by atoms with Crippen molar-refractivity contribution in [3.05, 3.63) is 29.8 Å². The summed E-state index contributed by atoms with van der Waals surface area (Å²) in [4.78, 5) is 10.8. The van der Waals surface area contributed by atoms with Gasteiger partial charge in [-0.25, -0.2) is 9.97 Å². The molecular weight excluding hydrogens is 270 g/mol. The maximum Gasteiger partial charge on any atom is 0.225 e. The van der Waals surface area contributed by atoms with Gasteiger partial charge >= 0.3 is 0 Å². The summed E-state index contributed by atoms with van der Waals surface area (Å²) in [5, 5.41) is 4.29. The first kappa shape index (κ1) is 13.8. The lowest BCUT2D eigenvalue weighted by molar-refractivity contribution is 0.122. The van der Waals surface area contributed by atoms with Gasteiger partial charge in [-0.1, -0.05) is 0 Å². The highest BCUT2D eigenvalue weighted by Crippen LogP contribution is 2.15. The molecule has 112 valence electrons. The molecule has 21 heavy (non-hydrogen) atoms. The van der Waals surface area contributed by atoms with Crippen LogP contribution in [0.2, 0.25) is 0 Å². The van der Waals surface area contributed by atoms with E-state index in [1.165, 1.54) is 0 Å². The zero-order valence-corrected chi connectivity index (χ0v) is 12.3. The molecule has 7 heteroatoms. The van der Waals surface area contributed by atoms with Crippen LogP contribution in [0.25, 0.3) is 0 Å². The van der Waals surface area contributed by atoms with E-state index >= 15 is 0 Å². The lowest BCUT2D eigenvalue weighted by Crippen LogP contribution is -2.37. The molecule has 0 radical (unpaired) electrons. The molecule has 3 heterocycles. The molecule has 2 aromatic rings. The normalized spacial score (nSPS) is 15.2. The molecule has 0 unspecified atom stereocenters. The molecule has 0 atom stereocenters. The Bertz CT molecular complexity index is 590. The van der Waals surface area contributed by atoms with Crippen LogP contribution in [-0.4, -0.2) is 46.1 Å². The minimum Gasteiger partial charge on any atom is -0.484 e. The minimum atomic E-state index is 0.456. The van der Waals surface area contributed by atoms with E-state index in [2.05, 4.69) is 20.0 Å². The van der Waals surface area contributed by atoms with Crippen molar-refractivity contribution in [3.63, 3.8) is 0 Å². The van der Waals surface area contributed by atoms with Crippen LogP contribution in [0.1, 0.15) is 11.4 Å². The summed E-state index contributed by atoms with van der Waals surface area (Å²) in [6.45, 7) is 5.52. The molecule has 1 saturated heterocycles. The molecule has 7 nitrogen and oxygen atoms in total. The number of aromatic nitrogens is 4. The summed E-state index contributed by atoms with van der Waals surface area (Å²) in [7, 11) is 1.91. The summed E-state index contributed by atoms with van der Waals surface area (Å²) in [6.07, 6.45) is 3.42. The van der Waals surface area contributed by atoms with Crippen LogP contribution in [0.15, 0.2) is 18.5 Å². The summed E-state index contributed by atoms with van der Waals surface area (Å²) in [5.74, 6) is 1.38. The maximum atomic E-state index is 5.70. The van der Waals surface area contributed by atoms with Gasteiger partial charge in [0.1, 0.15) is 6.61 Å². The van der Waals surface area contributed by atoms with E-state index in [4.69, 9.17) is 9.47 Å². The molecular formula is C14H19N5O2. The Morgan fingerprint density at radius 1 is 1.24 bits per heavy atom. The molecule has 1 aliphatic rings. The highest BCUT2D eigenvalue weighted by Gasteiger charge is 2.13. The molecule has 3 rings (SSSR count). The number of nitrogens with zero attached hydrogens (tertiary/aromatic N) is 5. The number of anilines is 1. The maximum absolute atomic E-state index is 5.70. The van der Waals surface area contributed by atoms with Crippen molar-refractivity contribution in [2.75, 3.05) is 31.2 Å². The Morgan fingerprint density at radius 2 is 1.95 bits per heavy atom. The van der Waals surface area contributed by atoms with Gasteiger partial charge in [-0.3, -0.25) is 4.68 Å². The van der Waals surface area contributed by atoms with E-state index in [1.807, 2.05) is 24.7 Å². The predicted octanol–water partition coefficient (Wildman–Crippen LogP) is 0.934. The summed E-state index contributed by atoms with van der Waals surface area (Å²) in [6, 6.07) is 2.00. The van der Waals surface area contributed by atoms with Crippen LogP contribution < -0.4 is 9.64 Å². The van der Waals surface area contributed by atoms with Crippen molar-refractivity contribution in [1.82, 2.24) is 19.7 Å². The Labute approximate surface area is 123 Å². The van der Waals surface area contributed by atoms with Gasteiger partial charge in [0.15, 0.2) is 5.75 Å². The number of rotatable bonds is 4. The fourth-order valence-electron chi connectivity index (χ4n) is 2.27. The summed E-state index contributed by atoms with van der Waals surface area (Å²) >= 11 is 0. The van der Waals surface area contributed by atoms with Gasteiger partial charge in [-0.2, -0.15) is 5.10 Å². The molecule has 0 aromatic carbocycles. The SMILES string of the molecule is Cc1cc(COc2cnc(N3CCOCC3)nc2)n(C)n1. The summed E-state index contributed by atoms with van der Waals surface area (Å²) in [5.41, 5.74) is 2.00. The number of ether oxygens (including phenoxy) is 2. The molecule has 0 amide bonds. The predicted molar refractivity (Wildman–Crippen MR) is 77.3 cm³/mol. The quantitative estimate of drug-likeness (QED) is 0.834. The van der Waals surface area contributed by atoms with Crippen molar-refractivity contribution in [2.45, 2.75) is 13.5 Å². The first-order chi connectivity index (χ1) is 10.2. The standard InChI is InChI=1S/C14H19N5O2/c1-11-7-12(18(2)17-11)10-21-13-8-15-14(16-9-13)19-3-5-20-6-4-19/h7-9H,3-6,10H2,1-2H3. The molecule has 0 spiro atoms. The molecule has 0 aliphatic carbocycles. The summed E-state index contributed by atoms with van der Waals surface area (Å²) < 4.78 is 12.8. The lowest BCUT2D eigenvalue weighted by atomic mass is 10.4. The zero-order valence-electron chi connectivity index (χ0n) is 12.3. The van der Waals surface area contributed by atoms with Crippen LogP contribution in [0.4, 0.5) is 5.95 Å². The zero-order chi connectivity index (χ0) is 14.7. The van der Waals surface area contributed by atoms with E-state index in [1.54, 1.807) is 12.4 Å². The smallest absolute Gasteiger partial charge is 0.225 e. The number of hydrogen-bond donors (Lipinski definition) is 0. The fourth-order valence-corrected chi connectivity index (χ4v) is 2.27. The average molecular weight is 289 g/mol. The third kappa shape index (κ3) is 3.30. The third-order valence-corrected chi connectivity index (χ3v) is 3.39. The number of aryl methyl sites for hydroxylation is 2. The van der Waals surface area contributed by atoms with E-state index < -0.39 is 0 Å². The van der Waals surface area contributed by atoms with Gasteiger partial charge in [-0.15, -0.1) is 0 Å². The Kier molecular flexibility index (Phi) is 4.01. The van der Waals surface area contributed by atoms with Crippen molar-refractivity contribution < 1.29 is 9.47 Å². The monoisotopic (exact) mass is 289 g/mol. The lowest BCUT2D eigenvalue weighted by Gasteiger charge is -2.26. The Morgan fingerprint density at radius 3 is 2.57 bits per heavy atom. The molecule has 1 fully saturated rings. The largest absolute Gasteiger partial charge is 0.484 e. The van der Waals surface area contributed by atoms with Crippen LogP contribution in [0, 0.1) is 6.92 Å². The molecule has 0 bridgehead atoms. The van der Waals surface area contributed by atoms with E-state index in [-0.39, 0.29) is 0 Å². The fraction of sp³-hybridized carbons (Fsp3) is 0.500. The Balaban J connectivity index is 1.60. The van der Waals surface area contributed by atoms with Crippen LogP contribution in [-0.2, 0) is 18.4 Å².